The van der Waals surface area contributed by atoms with Crippen molar-refractivity contribution in [2.45, 2.75) is 20.8 Å². The van der Waals surface area contributed by atoms with Crippen LogP contribution in [0, 0.1) is 0 Å². The third kappa shape index (κ3) is 2.31. The molecule has 2 heteroatoms. The number of hydrogen-bond acceptors (Lipinski definition) is 1. The summed E-state index contributed by atoms with van der Waals surface area (Å²) in [6.07, 6.45) is 0. The van der Waals surface area contributed by atoms with E-state index in [1.54, 1.807) is 4.90 Å². The van der Waals surface area contributed by atoms with Crippen molar-refractivity contribution in [1.29, 1.82) is 0 Å². The Morgan fingerprint density at radius 1 is 1.56 bits per heavy atom. The summed E-state index contributed by atoms with van der Waals surface area (Å²) in [5, 5.41) is 0. The van der Waals surface area contributed by atoms with Crippen molar-refractivity contribution < 1.29 is 4.79 Å². The molecule has 2 nitrogen and oxygen atoms in total. The Bertz CT molecular complexity index is 115. The van der Waals surface area contributed by atoms with Crippen molar-refractivity contribution in [3.8, 4) is 0 Å². The molecule has 0 aromatic rings. The summed E-state index contributed by atoms with van der Waals surface area (Å²) in [6, 6.07) is 0. The molecule has 0 aliphatic rings. The highest BCUT2D eigenvalue weighted by atomic mass is 16.2. The van der Waals surface area contributed by atoms with Crippen molar-refractivity contribution in [2.24, 2.45) is 0 Å². The second-order valence-electron chi connectivity index (χ2n) is 2.00. The molecular formula is C7H13NO. The van der Waals surface area contributed by atoms with Gasteiger partial charge in [-0.05, 0) is 13.8 Å². The van der Waals surface area contributed by atoms with E-state index < -0.39 is 0 Å². The monoisotopic (exact) mass is 127 g/mol. The summed E-state index contributed by atoms with van der Waals surface area (Å²) < 4.78 is 0. The molecule has 0 saturated carbocycles. The molecule has 52 valence electrons. The minimum absolute atomic E-state index is 0.0602. The first-order chi connectivity index (χ1) is 4.09. The van der Waals surface area contributed by atoms with Crippen LogP contribution in [0.25, 0.3) is 0 Å². The van der Waals surface area contributed by atoms with Crippen LogP contribution in [0.3, 0.4) is 0 Å². The molecule has 0 unspecified atom stereocenters. The number of carbonyl (C=O) groups excluding carboxylic acids is 1. The smallest absolute Gasteiger partial charge is 0.223 e. The van der Waals surface area contributed by atoms with Crippen molar-refractivity contribution in [3.63, 3.8) is 0 Å². The Balaban J connectivity index is 3.99. The van der Waals surface area contributed by atoms with E-state index >= 15 is 0 Å². The second kappa shape index (κ2) is 3.28. The molecule has 0 bridgehead atoms. The fourth-order valence-electron chi connectivity index (χ4n) is 0.761. The quantitative estimate of drug-likeness (QED) is 0.549. The summed E-state index contributed by atoms with van der Waals surface area (Å²) in [4.78, 5) is 12.3. The Kier molecular flexibility index (Phi) is 2.99. The lowest BCUT2D eigenvalue weighted by atomic mass is 10.4. The van der Waals surface area contributed by atoms with Gasteiger partial charge >= 0.3 is 0 Å². The average molecular weight is 127 g/mol. The Morgan fingerprint density at radius 3 is 2.00 bits per heavy atom. The normalized spacial score (nSPS) is 8.78. The van der Waals surface area contributed by atoms with Gasteiger partial charge in [0.2, 0.25) is 5.91 Å². The lowest BCUT2D eigenvalue weighted by Crippen LogP contribution is -2.25. The van der Waals surface area contributed by atoms with Crippen LogP contribution >= 0.6 is 0 Å². The zero-order chi connectivity index (χ0) is 7.44. The van der Waals surface area contributed by atoms with Crippen LogP contribution in [0.4, 0.5) is 0 Å². The molecule has 0 radical (unpaired) electrons. The summed E-state index contributed by atoms with van der Waals surface area (Å²) in [6.45, 7) is 9.66. The van der Waals surface area contributed by atoms with Crippen LogP contribution in [0.2, 0.25) is 0 Å². The van der Waals surface area contributed by atoms with Crippen LogP contribution in [0.5, 0.6) is 0 Å². The molecular weight excluding hydrogens is 114 g/mol. The molecule has 0 aromatic heterocycles. The van der Waals surface area contributed by atoms with Crippen LogP contribution in [-0.4, -0.2) is 17.4 Å². The minimum Gasteiger partial charge on any atom is -0.318 e. The minimum atomic E-state index is 0.0602. The predicted octanol–water partition coefficient (Wildman–Crippen LogP) is 1.39. The molecule has 0 aliphatic carbocycles. The van der Waals surface area contributed by atoms with Gasteiger partial charge in [0.1, 0.15) is 0 Å². The van der Waals surface area contributed by atoms with Crippen LogP contribution in [-0.2, 0) is 4.79 Å². The summed E-state index contributed by atoms with van der Waals surface area (Å²) >= 11 is 0. The third-order valence-corrected chi connectivity index (χ3v) is 1.16. The molecule has 1 amide bonds. The summed E-state index contributed by atoms with van der Waals surface area (Å²) in [7, 11) is 0. The van der Waals surface area contributed by atoms with E-state index in [0.717, 1.165) is 5.70 Å². The van der Waals surface area contributed by atoms with Crippen molar-refractivity contribution in [2.75, 3.05) is 6.54 Å². The zero-order valence-electron chi connectivity index (χ0n) is 6.27. The van der Waals surface area contributed by atoms with Gasteiger partial charge in [0.15, 0.2) is 0 Å². The van der Waals surface area contributed by atoms with E-state index in [9.17, 15) is 4.79 Å². The standard InChI is InChI=1S/C7H13NO/c1-5-8(6(2)3)7(4)9/h2,5H2,1,3-4H3. The van der Waals surface area contributed by atoms with Crippen LogP contribution in [0.15, 0.2) is 12.3 Å². The fraction of sp³-hybridized carbons (Fsp3) is 0.571. The van der Waals surface area contributed by atoms with Gasteiger partial charge in [0.05, 0.1) is 0 Å². The zero-order valence-corrected chi connectivity index (χ0v) is 6.27. The summed E-state index contributed by atoms with van der Waals surface area (Å²) in [5.41, 5.74) is 0.810. The van der Waals surface area contributed by atoms with E-state index in [4.69, 9.17) is 0 Å². The van der Waals surface area contributed by atoms with Crippen molar-refractivity contribution in [3.05, 3.63) is 12.3 Å². The van der Waals surface area contributed by atoms with Gasteiger partial charge in [0.25, 0.3) is 0 Å². The van der Waals surface area contributed by atoms with E-state index in [1.807, 2.05) is 13.8 Å². The van der Waals surface area contributed by atoms with E-state index in [-0.39, 0.29) is 5.91 Å². The number of carbonyl (C=O) groups is 1. The van der Waals surface area contributed by atoms with Gasteiger partial charge in [-0.3, -0.25) is 4.79 Å². The Labute approximate surface area is 56.2 Å². The molecule has 0 spiro atoms. The second-order valence-corrected chi connectivity index (χ2v) is 2.00. The number of allylic oxidation sites excluding steroid dienone is 1. The van der Waals surface area contributed by atoms with Gasteiger partial charge in [0, 0.05) is 19.2 Å². The molecule has 0 heterocycles. The van der Waals surface area contributed by atoms with E-state index in [2.05, 4.69) is 6.58 Å². The SMILES string of the molecule is C=C(C)N(CC)C(C)=O. The highest BCUT2D eigenvalue weighted by Crippen LogP contribution is 1.98. The first kappa shape index (κ1) is 8.21. The highest BCUT2D eigenvalue weighted by Gasteiger charge is 2.03. The Morgan fingerprint density at radius 2 is 2.00 bits per heavy atom. The maximum Gasteiger partial charge on any atom is 0.223 e. The molecule has 0 saturated heterocycles. The maximum atomic E-state index is 10.7. The van der Waals surface area contributed by atoms with Crippen LogP contribution in [0.1, 0.15) is 20.8 Å². The molecule has 9 heavy (non-hydrogen) atoms. The van der Waals surface area contributed by atoms with Gasteiger partial charge in [-0.25, -0.2) is 0 Å². The molecule has 0 rings (SSSR count). The van der Waals surface area contributed by atoms with Gasteiger partial charge < -0.3 is 4.90 Å². The van der Waals surface area contributed by atoms with Crippen LogP contribution < -0.4 is 0 Å². The third-order valence-electron chi connectivity index (χ3n) is 1.16. The van der Waals surface area contributed by atoms with Gasteiger partial charge in [-0.15, -0.1) is 0 Å². The highest BCUT2D eigenvalue weighted by molar-refractivity contribution is 5.74. The summed E-state index contributed by atoms with van der Waals surface area (Å²) in [5.74, 6) is 0.0602. The Hall–Kier alpha value is -0.790. The number of amides is 1. The topological polar surface area (TPSA) is 20.3 Å². The molecule has 0 aliphatic heterocycles. The number of nitrogens with zero attached hydrogens (tertiary/aromatic N) is 1. The van der Waals surface area contributed by atoms with E-state index in [1.165, 1.54) is 6.92 Å². The lowest BCUT2D eigenvalue weighted by molar-refractivity contribution is -0.126. The van der Waals surface area contributed by atoms with E-state index in [0.29, 0.717) is 6.54 Å². The molecule has 0 aromatic carbocycles. The molecule has 0 atom stereocenters. The van der Waals surface area contributed by atoms with Crippen molar-refractivity contribution >= 4 is 5.91 Å². The molecule has 0 N–H and O–H groups in total. The number of rotatable bonds is 2. The maximum absolute atomic E-state index is 10.7. The number of hydrogen-bond donors (Lipinski definition) is 0. The first-order valence-electron chi connectivity index (χ1n) is 3.03. The van der Waals surface area contributed by atoms with Gasteiger partial charge in [-0.1, -0.05) is 6.58 Å². The first-order valence-corrected chi connectivity index (χ1v) is 3.03. The fourth-order valence-corrected chi connectivity index (χ4v) is 0.761. The lowest BCUT2D eigenvalue weighted by Gasteiger charge is -2.17. The average Bonchev–Trinajstić information content (AvgIpc) is 1.64. The predicted molar refractivity (Wildman–Crippen MR) is 37.9 cm³/mol. The largest absolute Gasteiger partial charge is 0.318 e. The van der Waals surface area contributed by atoms with Crippen molar-refractivity contribution in [1.82, 2.24) is 4.90 Å². The van der Waals surface area contributed by atoms with Gasteiger partial charge in [-0.2, -0.15) is 0 Å². The molecule has 0 fully saturated rings.